The number of benzene rings is 1. The molecule has 4 heteroatoms. The van der Waals surface area contributed by atoms with Gasteiger partial charge in [0, 0.05) is 12.0 Å². The fourth-order valence-corrected chi connectivity index (χ4v) is 2.75. The number of aryl methyl sites for hydroxylation is 1. The lowest BCUT2D eigenvalue weighted by molar-refractivity contribution is 0.409. The molecular formula is C15H15NO2S. The lowest BCUT2D eigenvalue weighted by atomic mass is 9.98. The van der Waals surface area contributed by atoms with E-state index in [-0.39, 0.29) is 0 Å². The number of methoxy groups -OCH3 is 1. The van der Waals surface area contributed by atoms with Crippen LogP contribution in [0.15, 0.2) is 28.7 Å². The first-order chi connectivity index (χ1) is 9.29. The van der Waals surface area contributed by atoms with Crippen LogP contribution in [0.5, 0.6) is 5.75 Å². The second-order valence-electron chi connectivity index (χ2n) is 4.63. The maximum absolute atomic E-state index is 5.95. The maximum Gasteiger partial charge on any atom is 0.231 e. The van der Waals surface area contributed by atoms with Crippen LogP contribution in [0.3, 0.4) is 0 Å². The zero-order valence-corrected chi connectivity index (χ0v) is 11.6. The number of rotatable bonds is 2. The van der Waals surface area contributed by atoms with Gasteiger partial charge < -0.3 is 9.15 Å². The van der Waals surface area contributed by atoms with Gasteiger partial charge in [-0.05, 0) is 31.4 Å². The summed E-state index contributed by atoms with van der Waals surface area (Å²) in [5.41, 5.74) is 1.96. The van der Waals surface area contributed by atoms with E-state index >= 15 is 0 Å². The van der Waals surface area contributed by atoms with Gasteiger partial charge in [-0.25, -0.2) is 4.98 Å². The molecule has 0 radical (unpaired) electrons. The van der Waals surface area contributed by atoms with Crippen molar-refractivity contribution in [2.45, 2.75) is 25.7 Å². The summed E-state index contributed by atoms with van der Waals surface area (Å²) in [5.74, 6) is 2.30. The van der Waals surface area contributed by atoms with Gasteiger partial charge in [-0.15, -0.1) is 0 Å². The van der Waals surface area contributed by atoms with Gasteiger partial charge in [0.2, 0.25) is 5.89 Å². The Labute approximate surface area is 117 Å². The number of hydrogen-bond donors (Lipinski definition) is 0. The topological polar surface area (TPSA) is 35.3 Å². The molecule has 0 N–H and O–H groups in total. The van der Waals surface area contributed by atoms with E-state index in [2.05, 4.69) is 4.98 Å². The van der Waals surface area contributed by atoms with Crippen molar-refractivity contribution in [3.8, 4) is 17.2 Å². The molecule has 0 atom stereocenters. The van der Waals surface area contributed by atoms with Gasteiger partial charge in [-0.3, -0.25) is 0 Å². The second kappa shape index (κ2) is 5.13. The highest BCUT2D eigenvalue weighted by atomic mass is 32.1. The molecular weight excluding hydrogens is 258 g/mol. The highest BCUT2D eigenvalue weighted by Crippen LogP contribution is 2.31. The van der Waals surface area contributed by atoms with Crippen molar-refractivity contribution in [3.05, 3.63) is 40.2 Å². The van der Waals surface area contributed by atoms with Crippen LogP contribution in [-0.4, -0.2) is 12.1 Å². The average Bonchev–Trinajstić information content (AvgIpc) is 2.47. The van der Waals surface area contributed by atoms with Crippen molar-refractivity contribution in [1.29, 1.82) is 0 Å². The predicted molar refractivity (Wildman–Crippen MR) is 76.0 cm³/mol. The molecule has 3 nitrogen and oxygen atoms in total. The van der Waals surface area contributed by atoms with E-state index < -0.39 is 0 Å². The van der Waals surface area contributed by atoms with Crippen LogP contribution < -0.4 is 4.74 Å². The lowest BCUT2D eigenvalue weighted by Gasteiger charge is -2.15. The fourth-order valence-electron chi connectivity index (χ4n) is 2.45. The van der Waals surface area contributed by atoms with Crippen LogP contribution >= 0.6 is 12.2 Å². The van der Waals surface area contributed by atoms with Crippen molar-refractivity contribution in [2.75, 3.05) is 7.11 Å². The van der Waals surface area contributed by atoms with E-state index in [9.17, 15) is 0 Å². The van der Waals surface area contributed by atoms with Crippen molar-refractivity contribution in [2.24, 2.45) is 0 Å². The molecule has 0 saturated heterocycles. The van der Waals surface area contributed by atoms with Crippen LogP contribution in [0.25, 0.3) is 11.5 Å². The fraction of sp³-hybridized carbons (Fsp3) is 0.333. The molecule has 0 amide bonds. The van der Waals surface area contributed by atoms with Crippen LogP contribution in [0, 0.1) is 4.64 Å². The minimum Gasteiger partial charge on any atom is -0.496 e. The van der Waals surface area contributed by atoms with Gasteiger partial charge in [0.15, 0.2) is 0 Å². The molecule has 1 aromatic heterocycles. The summed E-state index contributed by atoms with van der Waals surface area (Å²) in [5, 5.41) is 0. The largest absolute Gasteiger partial charge is 0.496 e. The molecule has 0 fully saturated rings. The molecule has 0 aliphatic heterocycles. The van der Waals surface area contributed by atoms with Gasteiger partial charge in [-0.1, -0.05) is 24.4 Å². The molecule has 2 aromatic rings. The monoisotopic (exact) mass is 273 g/mol. The molecule has 1 aliphatic rings. The molecule has 0 spiro atoms. The summed E-state index contributed by atoms with van der Waals surface area (Å²) < 4.78 is 12.0. The predicted octanol–water partition coefficient (Wildman–Crippen LogP) is 3.96. The van der Waals surface area contributed by atoms with Crippen LogP contribution in [0.4, 0.5) is 0 Å². The molecule has 0 saturated carbocycles. The Kier molecular flexibility index (Phi) is 3.34. The molecule has 1 aromatic carbocycles. The number of para-hydroxylation sites is 1. The van der Waals surface area contributed by atoms with E-state index in [1.165, 1.54) is 6.42 Å². The van der Waals surface area contributed by atoms with Crippen molar-refractivity contribution in [3.63, 3.8) is 0 Å². The van der Waals surface area contributed by atoms with Crippen molar-refractivity contribution < 1.29 is 9.15 Å². The molecule has 98 valence electrons. The SMILES string of the molecule is COc1ccccc1-c1nc(=S)c2c(o1)CCCC2. The number of aromatic nitrogens is 1. The molecule has 1 aliphatic carbocycles. The van der Waals surface area contributed by atoms with Crippen molar-refractivity contribution >= 4 is 12.2 Å². The van der Waals surface area contributed by atoms with Gasteiger partial charge in [-0.2, -0.15) is 0 Å². The van der Waals surface area contributed by atoms with Crippen LogP contribution in [-0.2, 0) is 12.8 Å². The summed E-state index contributed by atoms with van der Waals surface area (Å²) in [4.78, 5) is 4.43. The number of ether oxygens (including phenoxy) is 1. The Morgan fingerprint density at radius 3 is 2.84 bits per heavy atom. The number of fused-ring (bicyclic) bond motifs is 1. The molecule has 0 bridgehead atoms. The third-order valence-corrected chi connectivity index (χ3v) is 3.77. The minimum absolute atomic E-state index is 0.558. The Morgan fingerprint density at radius 1 is 1.21 bits per heavy atom. The van der Waals surface area contributed by atoms with Crippen molar-refractivity contribution in [1.82, 2.24) is 4.98 Å². The first kappa shape index (κ1) is 12.4. The molecule has 0 unspecified atom stereocenters. The van der Waals surface area contributed by atoms with Gasteiger partial charge >= 0.3 is 0 Å². The Hall–Kier alpha value is -1.68. The van der Waals surface area contributed by atoms with Crippen LogP contribution in [0.2, 0.25) is 0 Å². The van der Waals surface area contributed by atoms with E-state index in [0.29, 0.717) is 10.5 Å². The molecule has 19 heavy (non-hydrogen) atoms. The summed E-state index contributed by atoms with van der Waals surface area (Å²) >= 11 is 5.39. The first-order valence-corrected chi connectivity index (χ1v) is 6.86. The van der Waals surface area contributed by atoms with Gasteiger partial charge in [0.1, 0.15) is 16.2 Å². The molecule has 3 rings (SSSR count). The highest BCUT2D eigenvalue weighted by Gasteiger charge is 2.17. The van der Waals surface area contributed by atoms with Crippen LogP contribution in [0.1, 0.15) is 24.2 Å². The summed E-state index contributed by atoms with van der Waals surface area (Å²) in [7, 11) is 1.64. The zero-order valence-electron chi connectivity index (χ0n) is 10.8. The van der Waals surface area contributed by atoms with E-state index in [1.54, 1.807) is 7.11 Å². The van der Waals surface area contributed by atoms with Gasteiger partial charge in [0.25, 0.3) is 0 Å². The quantitative estimate of drug-likeness (QED) is 0.776. The summed E-state index contributed by atoms with van der Waals surface area (Å²) in [6.07, 6.45) is 4.25. The third-order valence-electron chi connectivity index (χ3n) is 3.44. The Bertz CT molecular complexity index is 663. The number of nitrogens with zero attached hydrogens (tertiary/aromatic N) is 1. The first-order valence-electron chi connectivity index (χ1n) is 6.46. The Morgan fingerprint density at radius 2 is 2.00 bits per heavy atom. The number of hydrogen-bond acceptors (Lipinski definition) is 4. The van der Waals surface area contributed by atoms with E-state index in [0.717, 1.165) is 41.9 Å². The average molecular weight is 273 g/mol. The zero-order chi connectivity index (χ0) is 13.2. The third kappa shape index (κ3) is 2.28. The molecule has 1 heterocycles. The van der Waals surface area contributed by atoms with E-state index in [4.69, 9.17) is 21.4 Å². The van der Waals surface area contributed by atoms with Gasteiger partial charge in [0.05, 0.1) is 12.7 Å². The van der Waals surface area contributed by atoms with E-state index in [1.807, 2.05) is 24.3 Å². The second-order valence-corrected chi connectivity index (χ2v) is 5.02. The highest BCUT2D eigenvalue weighted by molar-refractivity contribution is 7.71. The summed E-state index contributed by atoms with van der Waals surface area (Å²) in [6, 6.07) is 7.70. The smallest absolute Gasteiger partial charge is 0.231 e. The Balaban J connectivity index is 2.16. The summed E-state index contributed by atoms with van der Waals surface area (Å²) in [6.45, 7) is 0. The normalized spacial score (nSPS) is 13.9. The minimum atomic E-state index is 0.558. The lowest BCUT2D eigenvalue weighted by Crippen LogP contribution is -2.05. The standard InChI is InChI=1S/C15H15NO2S/c1-17-12-8-4-2-6-10(12)14-16-15(19)11-7-3-5-9-13(11)18-14/h2,4,6,8H,3,5,7,9H2,1H3. The maximum atomic E-state index is 5.95.